The SMILES string of the molecule is CC(C)c1ccc(C=NNC(=O)c2nn(Cc3ccc(Cl)cc3)cc2Br)cc1. The molecule has 0 spiro atoms. The molecule has 1 heterocycles. The van der Waals surface area contributed by atoms with E-state index in [0.29, 0.717) is 22.0 Å². The fourth-order valence-corrected chi connectivity index (χ4v) is 3.22. The molecular weight excluding hydrogens is 440 g/mol. The van der Waals surface area contributed by atoms with Crippen molar-refractivity contribution >= 4 is 39.7 Å². The predicted octanol–water partition coefficient (Wildman–Crippen LogP) is 5.23. The maximum atomic E-state index is 12.4. The Morgan fingerprint density at radius 1 is 1.21 bits per heavy atom. The van der Waals surface area contributed by atoms with Crippen molar-refractivity contribution in [3.63, 3.8) is 0 Å². The van der Waals surface area contributed by atoms with Crippen LogP contribution in [0.1, 0.15) is 46.9 Å². The first-order valence-electron chi connectivity index (χ1n) is 8.83. The topological polar surface area (TPSA) is 59.3 Å². The van der Waals surface area contributed by atoms with Crippen molar-refractivity contribution in [3.05, 3.63) is 86.6 Å². The van der Waals surface area contributed by atoms with Crippen LogP contribution < -0.4 is 5.43 Å². The van der Waals surface area contributed by atoms with E-state index < -0.39 is 0 Å². The molecule has 144 valence electrons. The minimum Gasteiger partial charge on any atom is -0.266 e. The summed E-state index contributed by atoms with van der Waals surface area (Å²) in [6, 6.07) is 15.6. The highest BCUT2D eigenvalue weighted by molar-refractivity contribution is 9.10. The number of hydrazone groups is 1. The van der Waals surface area contributed by atoms with Crippen LogP contribution in [0.25, 0.3) is 0 Å². The third kappa shape index (κ3) is 5.30. The summed E-state index contributed by atoms with van der Waals surface area (Å²) in [5, 5.41) is 9.04. The lowest BCUT2D eigenvalue weighted by molar-refractivity contribution is 0.0948. The lowest BCUT2D eigenvalue weighted by Crippen LogP contribution is -2.19. The first-order valence-corrected chi connectivity index (χ1v) is 10.00. The molecule has 0 aliphatic rings. The Morgan fingerprint density at radius 2 is 1.89 bits per heavy atom. The number of carbonyl (C=O) groups is 1. The molecule has 0 radical (unpaired) electrons. The molecule has 1 aromatic heterocycles. The van der Waals surface area contributed by atoms with Gasteiger partial charge in [0, 0.05) is 11.2 Å². The van der Waals surface area contributed by atoms with Gasteiger partial charge < -0.3 is 0 Å². The number of aromatic nitrogens is 2. The summed E-state index contributed by atoms with van der Waals surface area (Å²) in [4.78, 5) is 12.4. The van der Waals surface area contributed by atoms with Gasteiger partial charge in [0.25, 0.3) is 5.91 Å². The van der Waals surface area contributed by atoms with Crippen LogP contribution in [0.15, 0.2) is 64.3 Å². The van der Waals surface area contributed by atoms with Gasteiger partial charge in [-0.3, -0.25) is 9.48 Å². The molecule has 0 atom stereocenters. The molecule has 0 saturated heterocycles. The predicted molar refractivity (Wildman–Crippen MR) is 116 cm³/mol. The number of halogens is 2. The third-order valence-electron chi connectivity index (χ3n) is 4.17. The molecule has 0 aliphatic carbocycles. The van der Waals surface area contributed by atoms with E-state index in [4.69, 9.17) is 11.6 Å². The van der Waals surface area contributed by atoms with Crippen molar-refractivity contribution < 1.29 is 4.79 Å². The highest BCUT2D eigenvalue weighted by Crippen LogP contribution is 2.17. The number of amides is 1. The molecule has 3 aromatic rings. The van der Waals surface area contributed by atoms with Gasteiger partial charge in [-0.15, -0.1) is 0 Å². The molecule has 0 saturated carbocycles. The van der Waals surface area contributed by atoms with E-state index in [-0.39, 0.29) is 11.6 Å². The van der Waals surface area contributed by atoms with E-state index in [1.54, 1.807) is 17.1 Å². The fourth-order valence-electron chi connectivity index (χ4n) is 2.59. The molecule has 1 N–H and O–H groups in total. The smallest absolute Gasteiger partial charge is 0.266 e. The molecule has 0 bridgehead atoms. The van der Waals surface area contributed by atoms with Crippen LogP contribution in [-0.2, 0) is 6.54 Å². The largest absolute Gasteiger partial charge is 0.293 e. The number of rotatable bonds is 6. The summed E-state index contributed by atoms with van der Waals surface area (Å²) in [7, 11) is 0. The minimum absolute atomic E-state index is 0.279. The lowest BCUT2D eigenvalue weighted by atomic mass is 10.0. The Kier molecular flexibility index (Phi) is 6.65. The molecule has 0 unspecified atom stereocenters. The van der Waals surface area contributed by atoms with Gasteiger partial charge in [0.15, 0.2) is 5.69 Å². The van der Waals surface area contributed by atoms with Gasteiger partial charge in [-0.05, 0) is 50.7 Å². The Morgan fingerprint density at radius 3 is 2.54 bits per heavy atom. The van der Waals surface area contributed by atoms with Crippen LogP contribution in [0.2, 0.25) is 5.02 Å². The Hall–Kier alpha value is -2.44. The van der Waals surface area contributed by atoms with Gasteiger partial charge in [0.1, 0.15) is 0 Å². The van der Waals surface area contributed by atoms with Crippen LogP contribution in [0.3, 0.4) is 0 Å². The van der Waals surface area contributed by atoms with Gasteiger partial charge in [0.05, 0.1) is 17.2 Å². The summed E-state index contributed by atoms with van der Waals surface area (Å²) in [6.07, 6.45) is 3.37. The second-order valence-corrected chi connectivity index (χ2v) is 7.96. The van der Waals surface area contributed by atoms with Crippen LogP contribution in [0.4, 0.5) is 0 Å². The third-order valence-corrected chi connectivity index (χ3v) is 5.01. The van der Waals surface area contributed by atoms with Crippen molar-refractivity contribution in [1.29, 1.82) is 0 Å². The van der Waals surface area contributed by atoms with E-state index >= 15 is 0 Å². The second kappa shape index (κ2) is 9.17. The molecule has 3 rings (SSSR count). The normalized spacial score (nSPS) is 11.3. The van der Waals surface area contributed by atoms with Gasteiger partial charge in [-0.25, -0.2) is 5.43 Å². The molecule has 2 aromatic carbocycles. The van der Waals surface area contributed by atoms with E-state index in [1.807, 2.05) is 36.4 Å². The number of nitrogens with zero attached hydrogens (tertiary/aromatic N) is 3. The maximum absolute atomic E-state index is 12.4. The molecule has 28 heavy (non-hydrogen) atoms. The van der Waals surface area contributed by atoms with Crippen molar-refractivity contribution in [1.82, 2.24) is 15.2 Å². The highest BCUT2D eigenvalue weighted by Gasteiger charge is 2.15. The summed E-state index contributed by atoms with van der Waals surface area (Å²) >= 11 is 9.29. The summed E-state index contributed by atoms with van der Waals surface area (Å²) in [5.74, 6) is 0.0998. The van der Waals surface area contributed by atoms with Crippen LogP contribution in [-0.4, -0.2) is 21.9 Å². The Balaban J connectivity index is 1.62. The fraction of sp³-hybridized carbons (Fsp3) is 0.190. The number of benzene rings is 2. The van der Waals surface area contributed by atoms with Gasteiger partial charge >= 0.3 is 0 Å². The molecule has 1 amide bonds. The minimum atomic E-state index is -0.378. The molecule has 5 nitrogen and oxygen atoms in total. The van der Waals surface area contributed by atoms with Gasteiger partial charge in [0.2, 0.25) is 0 Å². The molecule has 0 aliphatic heterocycles. The van der Waals surface area contributed by atoms with Crippen LogP contribution >= 0.6 is 27.5 Å². The quantitative estimate of drug-likeness (QED) is 0.405. The number of hydrogen-bond donors (Lipinski definition) is 1. The zero-order valence-electron chi connectivity index (χ0n) is 15.6. The summed E-state index contributed by atoms with van der Waals surface area (Å²) in [6.45, 7) is 4.83. The van der Waals surface area contributed by atoms with Gasteiger partial charge in [-0.1, -0.05) is 61.8 Å². The van der Waals surface area contributed by atoms with E-state index in [1.165, 1.54) is 5.56 Å². The molecule has 0 fully saturated rings. The van der Waals surface area contributed by atoms with E-state index in [0.717, 1.165) is 11.1 Å². The van der Waals surface area contributed by atoms with E-state index in [2.05, 4.69) is 57.5 Å². The van der Waals surface area contributed by atoms with Crippen molar-refractivity contribution in [2.24, 2.45) is 5.10 Å². The van der Waals surface area contributed by atoms with E-state index in [9.17, 15) is 4.79 Å². The molecule has 7 heteroatoms. The zero-order valence-corrected chi connectivity index (χ0v) is 17.9. The summed E-state index contributed by atoms with van der Waals surface area (Å²) in [5.41, 5.74) is 6.01. The second-order valence-electron chi connectivity index (χ2n) is 6.67. The van der Waals surface area contributed by atoms with Crippen molar-refractivity contribution in [2.75, 3.05) is 0 Å². The van der Waals surface area contributed by atoms with Crippen LogP contribution in [0.5, 0.6) is 0 Å². The Labute approximate surface area is 177 Å². The molecular formula is C21H20BrClN4O. The first-order chi connectivity index (χ1) is 13.4. The number of hydrogen-bond acceptors (Lipinski definition) is 3. The number of carbonyl (C=O) groups excluding carboxylic acids is 1. The summed E-state index contributed by atoms with van der Waals surface area (Å²) < 4.78 is 2.30. The zero-order chi connectivity index (χ0) is 20.1. The highest BCUT2D eigenvalue weighted by atomic mass is 79.9. The Bertz CT molecular complexity index is 979. The van der Waals surface area contributed by atoms with Crippen molar-refractivity contribution in [2.45, 2.75) is 26.3 Å². The maximum Gasteiger partial charge on any atom is 0.293 e. The standard InChI is InChI=1S/C21H20BrClN4O/c1-14(2)17-7-3-15(4-8-17)11-24-25-21(28)20-19(22)13-27(26-20)12-16-5-9-18(23)10-6-16/h3-11,13-14H,12H2,1-2H3,(H,25,28). The average Bonchev–Trinajstić information content (AvgIpc) is 3.04. The lowest BCUT2D eigenvalue weighted by Gasteiger charge is -2.04. The van der Waals surface area contributed by atoms with Gasteiger partial charge in [-0.2, -0.15) is 10.2 Å². The monoisotopic (exact) mass is 458 g/mol. The average molecular weight is 460 g/mol. The van der Waals surface area contributed by atoms with Crippen molar-refractivity contribution in [3.8, 4) is 0 Å². The first kappa shape index (κ1) is 20.3. The van der Waals surface area contributed by atoms with Crippen LogP contribution in [0, 0.1) is 0 Å². The number of nitrogens with one attached hydrogen (secondary N) is 1.